The molecule has 6 rings (SSSR count). The maximum Gasteiger partial charge on any atom is 0.277 e. The number of aromatic nitrogens is 3. The topological polar surface area (TPSA) is 90.8 Å². The molecule has 0 aromatic carbocycles. The number of aromatic amines is 1. The van der Waals surface area contributed by atoms with Crippen LogP contribution < -0.4 is 5.56 Å². The van der Waals surface area contributed by atoms with Gasteiger partial charge in [-0.05, 0) is 44.9 Å². The van der Waals surface area contributed by atoms with Gasteiger partial charge in [-0.3, -0.25) is 19.5 Å². The van der Waals surface area contributed by atoms with E-state index in [-0.39, 0.29) is 35.3 Å². The normalized spacial score (nSPS) is 24.2. The van der Waals surface area contributed by atoms with Crippen molar-refractivity contribution in [3.05, 3.63) is 33.4 Å². The van der Waals surface area contributed by atoms with Gasteiger partial charge in [-0.25, -0.2) is 9.50 Å². The standard InChI is InChI=1S/C24H31N5O3/c30-22(16-8-9-16)27-12-10-18-17(14-27)24(32)29-21(25-18)13-19(26-29)20-7-3-4-11-28(20)23(31)15-5-1-2-6-15/h13,15-16,20,26H,1-12,14H2. The Morgan fingerprint density at radius 3 is 2.47 bits per heavy atom. The number of amides is 2. The molecule has 1 saturated heterocycles. The number of likely N-dealkylation sites (tertiary alicyclic amines) is 1. The highest BCUT2D eigenvalue weighted by Crippen LogP contribution is 2.35. The number of hydrogen-bond acceptors (Lipinski definition) is 4. The lowest BCUT2D eigenvalue weighted by molar-refractivity contribution is -0.139. The first-order chi connectivity index (χ1) is 15.6. The van der Waals surface area contributed by atoms with Gasteiger partial charge in [0.05, 0.1) is 29.5 Å². The summed E-state index contributed by atoms with van der Waals surface area (Å²) in [7, 11) is 0. The molecule has 0 radical (unpaired) electrons. The minimum absolute atomic E-state index is 0.0251. The molecule has 2 aromatic heterocycles. The predicted molar refractivity (Wildman–Crippen MR) is 118 cm³/mol. The molecule has 2 saturated carbocycles. The summed E-state index contributed by atoms with van der Waals surface area (Å²) in [6, 6.07) is 1.93. The first-order valence-electron chi connectivity index (χ1n) is 12.3. The van der Waals surface area contributed by atoms with E-state index < -0.39 is 0 Å². The van der Waals surface area contributed by atoms with Crippen LogP contribution in [0, 0.1) is 11.8 Å². The molecule has 0 bridgehead atoms. The van der Waals surface area contributed by atoms with Gasteiger partial charge < -0.3 is 9.80 Å². The number of H-pyrrole nitrogens is 1. The van der Waals surface area contributed by atoms with Crippen molar-refractivity contribution in [1.29, 1.82) is 0 Å². The highest BCUT2D eigenvalue weighted by molar-refractivity contribution is 5.81. The van der Waals surface area contributed by atoms with E-state index in [0.29, 0.717) is 30.7 Å². The molecule has 2 aromatic rings. The first-order valence-corrected chi connectivity index (χ1v) is 12.3. The van der Waals surface area contributed by atoms with E-state index in [4.69, 9.17) is 4.98 Å². The molecule has 1 atom stereocenters. The Kier molecular flexibility index (Phi) is 4.84. The van der Waals surface area contributed by atoms with Crippen LogP contribution in [0.4, 0.5) is 0 Å². The second-order valence-corrected chi connectivity index (χ2v) is 10.1. The summed E-state index contributed by atoms with van der Waals surface area (Å²) in [5.74, 6) is 0.765. The quantitative estimate of drug-likeness (QED) is 0.799. The average Bonchev–Trinajstić information content (AvgIpc) is 3.35. The van der Waals surface area contributed by atoms with Crippen LogP contribution in [-0.4, -0.2) is 49.3 Å². The van der Waals surface area contributed by atoms with Gasteiger partial charge in [-0.2, -0.15) is 0 Å². The Balaban J connectivity index is 1.32. The first kappa shape index (κ1) is 20.0. The smallest absolute Gasteiger partial charge is 0.277 e. The Morgan fingerprint density at radius 2 is 1.69 bits per heavy atom. The average molecular weight is 438 g/mol. The monoisotopic (exact) mass is 437 g/mol. The van der Waals surface area contributed by atoms with Gasteiger partial charge in [0.2, 0.25) is 11.8 Å². The van der Waals surface area contributed by atoms with E-state index in [2.05, 4.69) is 5.10 Å². The van der Waals surface area contributed by atoms with Crippen LogP contribution in [0.3, 0.4) is 0 Å². The van der Waals surface area contributed by atoms with E-state index in [1.807, 2.05) is 15.9 Å². The third kappa shape index (κ3) is 3.35. The lowest BCUT2D eigenvalue weighted by Crippen LogP contribution is -2.41. The van der Waals surface area contributed by atoms with Crippen LogP contribution in [0.2, 0.25) is 0 Å². The summed E-state index contributed by atoms with van der Waals surface area (Å²) >= 11 is 0. The van der Waals surface area contributed by atoms with Gasteiger partial charge in [0.25, 0.3) is 5.56 Å². The fourth-order valence-corrected chi connectivity index (χ4v) is 5.87. The molecule has 170 valence electrons. The molecule has 2 amide bonds. The third-order valence-corrected chi connectivity index (χ3v) is 7.87. The van der Waals surface area contributed by atoms with E-state index in [0.717, 1.165) is 75.7 Å². The lowest BCUT2D eigenvalue weighted by Gasteiger charge is -2.36. The van der Waals surface area contributed by atoms with Gasteiger partial charge in [-0.1, -0.05) is 12.8 Å². The summed E-state index contributed by atoms with van der Waals surface area (Å²) in [5, 5.41) is 3.28. The zero-order valence-corrected chi connectivity index (χ0v) is 18.5. The zero-order valence-electron chi connectivity index (χ0n) is 18.5. The summed E-state index contributed by atoms with van der Waals surface area (Å²) in [6.45, 7) is 1.77. The Hall–Kier alpha value is -2.64. The van der Waals surface area contributed by atoms with E-state index in [1.54, 1.807) is 0 Å². The molecule has 4 aliphatic rings. The van der Waals surface area contributed by atoms with Crippen molar-refractivity contribution in [1.82, 2.24) is 24.4 Å². The van der Waals surface area contributed by atoms with E-state index in [1.165, 1.54) is 4.52 Å². The lowest BCUT2D eigenvalue weighted by atomic mass is 9.96. The Labute approximate surface area is 187 Å². The van der Waals surface area contributed by atoms with Crippen LogP contribution in [0.25, 0.3) is 5.65 Å². The largest absolute Gasteiger partial charge is 0.337 e. The van der Waals surface area contributed by atoms with Crippen LogP contribution >= 0.6 is 0 Å². The molecule has 2 aliphatic carbocycles. The van der Waals surface area contributed by atoms with Gasteiger partial charge >= 0.3 is 0 Å². The molecule has 0 spiro atoms. The molecular weight excluding hydrogens is 406 g/mol. The van der Waals surface area contributed by atoms with E-state index in [9.17, 15) is 14.4 Å². The number of rotatable bonds is 3. The molecule has 32 heavy (non-hydrogen) atoms. The minimum Gasteiger partial charge on any atom is -0.337 e. The van der Waals surface area contributed by atoms with Gasteiger partial charge in [0, 0.05) is 37.4 Å². The second-order valence-electron chi connectivity index (χ2n) is 10.1. The van der Waals surface area contributed by atoms with Crippen molar-refractivity contribution in [2.45, 2.75) is 76.8 Å². The van der Waals surface area contributed by atoms with Crippen molar-refractivity contribution in [2.75, 3.05) is 13.1 Å². The van der Waals surface area contributed by atoms with Crippen molar-refractivity contribution >= 4 is 17.5 Å². The van der Waals surface area contributed by atoms with Crippen molar-refractivity contribution in [3.63, 3.8) is 0 Å². The van der Waals surface area contributed by atoms with Crippen molar-refractivity contribution < 1.29 is 9.59 Å². The summed E-state index contributed by atoms with van der Waals surface area (Å²) < 4.78 is 1.52. The van der Waals surface area contributed by atoms with Crippen LogP contribution in [0.15, 0.2) is 10.9 Å². The van der Waals surface area contributed by atoms with Crippen LogP contribution in [-0.2, 0) is 22.6 Å². The summed E-state index contributed by atoms with van der Waals surface area (Å²) in [6.07, 6.45) is 9.86. The second kappa shape index (κ2) is 7.74. The highest BCUT2D eigenvalue weighted by atomic mass is 16.2. The molecule has 4 heterocycles. The molecular formula is C24H31N5O3. The van der Waals surface area contributed by atoms with Crippen molar-refractivity contribution in [3.8, 4) is 0 Å². The number of fused-ring (bicyclic) bond motifs is 2. The number of carbonyl (C=O) groups is 2. The van der Waals surface area contributed by atoms with E-state index >= 15 is 0 Å². The third-order valence-electron chi connectivity index (χ3n) is 7.87. The number of hydrogen-bond donors (Lipinski definition) is 1. The molecule has 8 nitrogen and oxygen atoms in total. The molecule has 8 heteroatoms. The number of nitrogens with zero attached hydrogens (tertiary/aromatic N) is 4. The SMILES string of the molecule is O=C(C1CC1)N1CCc2nc3cc(C4CCCCN4C(=O)C4CCCC4)[nH]n3c(=O)c2C1. The maximum atomic E-state index is 13.3. The Morgan fingerprint density at radius 1 is 0.938 bits per heavy atom. The van der Waals surface area contributed by atoms with Crippen molar-refractivity contribution in [2.24, 2.45) is 11.8 Å². The minimum atomic E-state index is -0.117. The van der Waals surface area contributed by atoms with Gasteiger partial charge in [0.15, 0.2) is 5.65 Å². The van der Waals surface area contributed by atoms with Gasteiger partial charge in [0.1, 0.15) is 0 Å². The van der Waals surface area contributed by atoms with Crippen LogP contribution in [0.5, 0.6) is 0 Å². The molecule has 1 N–H and O–H groups in total. The number of nitrogens with one attached hydrogen (secondary N) is 1. The molecule has 1 unspecified atom stereocenters. The fourth-order valence-electron chi connectivity index (χ4n) is 5.87. The predicted octanol–water partition coefficient (Wildman–Crippen LogP) is 2.56. The molecule has 3 fully saturated rings. The summed E-state index contributed by atoms with van der Waals surface area (Å²) in [4.78, 5) is 47.7. The number of carbonyl (C=O) groups excluding carboxylic acids is 2. The highest BCUT2D eigenvalue weighted by Gasteiger charge is 2.37. The zero-order chi connectivity index (χ0) is 21.8. The van der Waals surface area contributed by atoms with Gasteiger partial charge in [-0.15, -0.1) is 0 Å². The number of piperidine rings is 1. The Bertz CT molecular complexity index is 1120. The molecule has 2 aliphatic heterocycles. The maximum absolute atomic E-state index is 13.3. The fraction of sp³-hybridized carbons (Fsp3) is 0.667. The van der Waals surface area contributed by atoms with Crippen LogP contribution in [0.1, 0.15) is 80.8 Å². The summed E-state index contributed by atoms with van der Waals surface area (Å²) in [5.41, 5.74) is 2.83.